The van der Waals surface area contributed by atoms with Crippen molar-refractivity contribution in [3.05, 3.63) is 93.3 Å². The summed E-state index contributed by atoms with van der Waals surface area (Å²) in [5.74, 6) is 0.583. The smallest absolute Gasteiger partial charge is 0.279 e. The molecule has 0 atom stereocenters. The molecule has 0 aliphatic carbocycles. The summed E-state index contributed by atoms with van der Waals surface area (Å²) in [6.45, 7) is 6.05. The summed E-state index contributed by atoms with van der Waals surface area (Å²) in [4.78, 5) is 30.5. The van der Waals surface area contributed by atoms with E-state index in [0.717, 1.165) is 10.0 Å². The third-order valence-corrected chi connectivity index (χ3v) is 5.46. The molecule has 2 heterocycles. The van der Waals surface area contributed by atoms with Crippen molar-refractivity contribution in [3.63, 3.8) is 0 Å². The fourth-order valence-corrected chi connectivity index (χ4v) is 3.63. The van der Waals surface area contributed by atoms with Crippen LogP contribution in [0.2, 0.25) is 0 Å². The number of aromatic nitrogens is 4. The van der Waals surface area contributed by atoms with Gasteiger partial charge in [-0.1, -0.05) is 52.3 Å². The normalized spacial score (nSPS) is 10.9. The van der Waals surface area contributed by atoms with E-state index in [2.05, 4.69) is 37.9 Å². The Morgan fingerprint density at radius 1 is 1.16 bits per heavy atom. The fraction of sp³-hybridized carbons (Fsp3) is 0.130. The standard InChI is InChI=1S/C23H20BrN5O2/c1-3-13-28-15(2)19(14-20(30)25-18-11-9-17(24)10-12-18)22(31)29-23(28)26-21(27-29)16-7-5-4-6-8-16/h3-12H,1,13-14H2,2H3,(H,25,30). The largest absolute Gasteiger partial charge is 0.326 e. The van der Waals surface area contributed by atoms with Crippen LogP contribution in [0.3, 0.4) is 0 Å². The first-order valence-electron chi connectivity index (χ1n) is 9.68. The second-order valence-electron chi connectivity index (χ2n) is 7.01. The number of nitrogens with zero attached hydrogens (tertiary/aromatic N) is 4. The molecule has 2 aromatic carbocycles. The molecule has 0 bridgehead atoms. The summed E-state index contributed by atoms with van der Waals surface area (Å²) in [6, 6.07) is 16.7. The molecule has 0 aliphatic rings. The Morgan fingerprint density at radius 3 is 2.55 bits per heavy atom. The number of nitrogens with one attached hydrogen (secondary N) is 1. The minimum atomic E-state index is -0.353. The molecule has 0 fully saturated rings. The molecular weight excluding hydrogens is 458 g/mol. The van der Waals surface area contributed by atoms with E-state index in [1.807, 2.05) is 54.0 Å². The number of benzene rings is 2. The molecule has 4 rings (SSSR count). The highest BCUT2D eigenvalue weighted by atomic mass is 79.9. The predicted molar refractivity (Wildman–Crippen MR) is 124 cm³/mol. The quantitative estimate of drug-likeness (QED) is 0.425. The zero-order valence-corrected chi connectivity index (χ0v) is 18.5. The number of carbonyl (C=O) groups is 1. The number of halogens is 1. The van der Waals surface area contributed by atoms with Gasteiger partial charge in [0.15, 0.2) is 5.82 Å². The summed E-state index contributed by atoms with van der Waals surface area (Å²) in [5, 5.41) is 7.26. The van der Waals surface area contributed by atoms with Crippen LogP contribution in [0.1, 0.15) is 11.3 Å². The summed E-state index contributed by atoms with van der Waals surface area (Å²) in [7, 11) is 0. The number of carbonyl (C=O) groups excluding carboxylic acids is 1. The van der Waals surface area contributed by atoms with E-state index < -0.39 is 0 Å². The summed E-state index contributed by atoms with van der Waals surface area (Å²) in [6.07, 6.45) is 1.65. The molecule has 0 spiro atoms. The summed E-state index contributed by atoms with van der Waals surface area (Å²) in [5.41, 5.74) is 2.14. The van der Waals surface area contributed by atoms with E-state index in [-0.39, 0.29) is 17.9 Å². The predicted octanol–water partition coefficient (Wildman–Crippen LogP) is 4.00. The highest BCUT2D eigenvalue weighted by molar-refractivity contribution is 9.10. The lowest BCUT2D eigenvalue weighted by Gasteiger charge is -2.14. The van der Waals surface area contributed by atoms with E-state index in [0.29, 0.717) is 35.1 Å². The SMILES string of the molecule is C=CCn1c(C)c(CC(=O)Nc2ccc(Br)cc2)c(=O)n2nc(-c3ccccc3)nc12. The van der Waals surface area contributed by atoms with E-state index in [1.54, 1.807) is 18.2 Å². The maximum atomic E-state index is 13.2. The van der Waals surface area contributed by atoms with Crippen LogP contribution in [0, 0.1) is 6.92 Å². The molecule has 8 heteroatoms. The van der Waals surface area contributed by atoms with Crippen LogP contribution >= 0.6 is 15.9 Å². The Balaban J connectivity index is 1.76. The number of hydrogen-bond acceptors (Lipinski definition) is 4. The Labute approximate surface area is 187 Å². The van der Waals surface area contributed by atoms with Crippen molar-refractivity contribution in [1.82, 2.24) is 19.2 Å². The van der Waals surface area contributed by atoms with Gasteiger partial charge in [0.1, 0.15) is 0 Å². The van der Waals surface area contributed by atoms with Gasteiger partial charge in [0.05, 0.1) is 6.42 Å². The summed E-state index contributed by atoms with van der Waals surface area (Å²) >= 11 is 3.37. The third-order valence-electron chi connectivity index (χ3n) is 4.93. The van der Waals surface area contributed by atoms with E-state index in [9.17, 15) is 9.59 Å². The Kier molecular flexibility index (Phi) is 5.81. The van der Waals surface area contributed by atoms with Gasteiger partial charge in [0.25, 0.3) is 5.56 Å². The van der Waals surface area contributed by atoms with E-state index >= 15 is 0 Å². The maximum absolute atomic E-state index is 13.2. The number of allylic oxidation sites excluding steroid dienone is 1. The van der Waals surface area contributed by atoms with Gasteiger partial charge in [-0.2, -0.15) is 9.50 Å². The average molecular weight is 478 g/mol. The lowest BCUT2D eigenvalue weighted by molar-refractivity contribution is -0.115. The third kappa shape index (κ3) is 4.20. The van der Waals surface area contributed by atoms with Crippen LogP contribution in [0.25, 0.3) is 17.2 Å². The first-order chi connectivity index (χ1) is 15.0. The van der Waals surface area contributed by atoms with Crippen LogP contribution in [-0.4, -0.2) is 25.1 Å². The van der Waals surface area contributed by atoms with Crippen LogP contribution < -0.4 is 10.9 Å². The van der Waals surface area contributed by atoms with Gasteiger partial charge in [-0.05, 0) is 31.2 Å². The Hall–Kier alpha value is -3.52. The average Bonchev–Trinajstić information content (AvgIpc) is 3.22. The Bertz CT molecular complexity index is 1320. The number of rotatable bonds is 6. The van der Waals surface area contributed by atoms with Gasteiger partial charge in [0, 0.05) is 33.5 Å². The highest BCUT2D eigenvalue weighted by Gasteiger charge is 2.20. The molecule has 0 radical (unpaired) electrons. The molecule has 0 aliphatic heterocycles. The maximum Gasteiger partial charge on any atom is 0.279 e. The fourth-order valence-electron chi connectivity index (χ4n) is 3.37. The van der Waals surface area contributed by atoms with Crippen LogP contribution in [0.4, 0.5) is 5.69 Å². The number of fused-ring (bicyclic) bond motifs is 1. The van der Waals surface area contributed by atoms with E-state index in [1.165, 1.54) is 4.52 Å². The van der Waals surface area contributed by atoms with E-state index in [4.69, 9.17) is 0 Å². The molecule has 156 valence electrons. The zero-order chi connectivity index (χ0) is 22.0. The molecule has 1 amide bonds. The molecule has 31 heavy (non-hydrogen) atoms. The van der Waals surface area contributed by atoms with Crippen molar-refractivity contribution in [2.75, 3.05) is 5.32 Å². The van der Waals surface area contributed by atoms with Crippen LogP contribution in [0.15, 0.2) is 76.5 Å². The monoisotopic (exact) mass is 477 g/mol. The number of amides is 1. The van der Waals surface area contributed by atoms with Crippen molar-refractivity contribution in [1.29, 1.82) is 0 Å². The summed E-state index contributed by atoms with van der Waals surface area (Å²) < 4.78 is 4.02. The first kappa shape index (κ1) is 20.7. The topological polar surface area (TPSA) is 81.3 Å². The molecule has 0 saturated carbocycles. The van der Waals surface area contributed by atoms with Crippen LogP contribution in [-0.2, 0) is 17.8 Å². The van der Waals surface area contributed by atoms with Gasteiger partial charge in [-0.3, -0.25) is 9.59 Å². The lowest BCUT2D eigenvalue weighted by Crippen LogP contribution is -2.29. The van der Waals surface area contributed by atoms with Gasteiger partial charge in [0.2, 0.25) is 11.7 Å². The lowest BCUT2D eigenvalue weighted by atomic mass is 10.1. The Morgan fingerprint density at radius 2 is 1.87 bits per heavy atom. The number of anilines is 1. The second kappa shape index (κ2) is 8.69. The van der Waals surface area contributed by atoms with Gasteiger partial charge < -0.3 is 9.88 Å². The zero-order valence-electron chi connectivity index (χ0n) is 16.9. The van der Waals surface area contributed by atoms with Crippen molar-refractivity contribution < 1.29 is 4.79 Å². The van der Waals surface area contributed by atoms with Crippen molar-refractivity contribution in [2.24, 2.45) is 0 Å². The second-order valence-corrected chi connectivity index (χ2v) is 7.93. The molecule has 0 unspecified atom stereocenters. The van der Waals surface area contributed by atoms with Gasteiger partial charge in [-0.25, -0.2) is 0 Å². The molecule has 0 saturated heterocycles. The molecule has 7 nitrogen and oxygen atoms in total. The van der Waals surface area contributed by atoms with Gasteiger partial charge in [-0.15, -0.1) is 11.7 Å². The molecular formula is C23H20BrN5O2. The molecule has 2 aromatic heterocycles. The first-order valence-corrected chi connectivity index (χ1v) is 10.5. The highest BCUT2D eigenvalue weighted by Crippen LogP contribution is 2.18. The number of hydrogen-bond donors (Lipinski definition) is 1. The van der Waals surface area contributed by atoms with Gasteiger partial charge >= 0.3 is 0 Å². The molecule has 4 aromatic rings. The van der Waals surface area contributed by atoms with Crippen molar-refractivity contribution in [2.45, 2.75) is 19.9 Å². The van der Waals surface area contributed by atoms with Crippen molar-refractivity contribution in [3.8, 4) is 11.4 Å². The molecule has 1 N–H and O–H groups in total. The minimum absolute atomic E-state index is 0.0751. The van der Waals surface area contributed by atoms with Crippen molar-refractivity contribution >= 4 is 33.3 Å². The minimum Gasteiger partial charge on any atom is -0.326 e. The van der Waals surface area contributed by atoms with Crippen LogP contribution in [0.5, 0.6) is 0 Å².